The lowest BCUT2D eigenvalue weighted by Gasteiger charge is -2.27. The van der Waals surface area contributed by atoms with Crippen LogP contribution in [0.1, 0.15) is 25.1 Å². The van der Waals surface area contributed by atoms with E-state index in [1.807, 2.05) is 0 Å². The fraction of sp³-hybridized carbons (Fsp3) is 0.636. The fourth-order valence-corrected chi connectivity index (χ4v) is 2.78. The Labute approximate surface area is 108 Å². The molecule has 8 heteroatoms. The van der Waals surface area contributed by atoms with Gasteiger partial charge in [-0.25, -0.2) is 9.55 Å². The Morgan fingerprint density at radius 3 is 3.05 bits per heavy atom. The minimum atomic E-state index is -0.532. The Morgan fingerprint density at radius 1 is 1.58 bits per heavy atom. The third-order valence-corrected chi connectivity index (χ3v) is 3.79. The maximum absolute atomic E-state index is 10.8. The Kier molecular flexibility index (Phi) is 2.74. The summed E-state index contributed by atoms with van der Waals surface area (Å²) in [7, 11) is 1.58. The highest BCUT2D eigenvalue weighted by molar-refractivity contribution is 6.00. The van der Waals surface area contributed by atoms with Crippen molar-refractivity contribution in [1.29, 1.82) is 0 Å². The predicted octanol–water partition coefficient (Wildman–Crippen LogP) is 0.592. The van der Waals surface area contributed by atoms with Crippen LogP contribution in [0, 0.1) is 16.0 Å². The summed E-state index contributed by atoms with van der Waals surface area (Å²) < 4.78 is 1.39. The number of aliphatic hydroxyl groups excluding tert-OH is 1. The zero-order valence-corrected chi connectivity index (χ0v) is 10.4. The summed E-state index contributed by atoms with van der Waals surface area (Å²) in [5.41, 5.74) is 0.597. The first kappa shape index (κ1) is 12.1. The summed E-state index contributed by atoms with van der Waals surface area (Å²) in [6, 6.07) is 0. The van der Waals surface area contributed by atoms with Crippen LogP contribution in [0.25, 0.3) is 0 Å². The minimum absolute atomic E-state index is 0.0375. The van der Waals surface area contributed by atoms with Gasteiger partial charge < -0.3 is 20.1 Å². The number of rotatable bonds is 2. The molecular formula is C11H14N4O4. The second kappa shape index (κ2) is 4.30. The molecule has 19 heavy (non-hydrogen) atoms. The van der Waals surface area contributed by atoms with Crippen molar-refractivity contribution in [2.75, 3.05) is 0 Å². The smallest absolute Gasteiger partial charge is 0.342 e. The van der Waals surface area contributed by atoms with E-state index in [2.05, 4.69) is 10.1 Å². The van der Waals surface area contributed by atoms with Crippen LogP contribution in [-0.4, -0.2) is 37.5 Å². The number of fused-ring (bicyclic) bond motifs is 1. The first-order valence-corrected chi connectivity index (χ1v) is 6.18. The van der Waals surface area contributed by atoms with Gasteiger partial charge >= 0.3 is 5.82 Å². The normalized spacial score (nSPS) is 29.6. The van der Waals surface area contributed by atoms with Crippen LogP contribution in [-0.2, 0) is 11.9 Å². The number of hydrogen-bond donors (Lipinski definition) is 1. The lowest BCUT2D eigenvalue weighted by Crippen LogP contribution is -2.39. The summed E-state index contributed by atoms with van der Waals surface area (Å²) in [4.78, 5) is 19.7. The highest BCUT2D eigenvalue weighted by atomic mass is 16.7. The van der Waals surface area contributed by atoms with Crippen LogP contribution in [0.2, 0.25) is 0 Å². The van der Waals surface area contributed by atoms with E-state index in [1.165, 1.54) is 10.8 Å². The molecule has 3 unspecified atom stereocenters. The molecule has 1 aliphatic carbocycles. The van der Waals surface area contributed by atoms with Crippen molar-refractivity contribution in [2.45, 2.75) is 31.5 Å². The van der Waals surface area contributed by atoms with E-state index in [0.29, 0.717) is 18.0 Å². The SMILES string of the molecule is Cn1c([N+](=O)[O-])cnc1C1=NOC2C(O)CCCC12. The molecule has 0 saturated heterocycles. The largest absolute Gasteiger partial charge is 0.389 e. The van der Waals surface area contributed by atoms with Gasteiger partial charge in [-0.2, -0.15) is 0 Å². The van der Waals surface area contributed by atoms with Crippen molar-refractivity contribution in [1.82, 2.24) is 9.55 Å². The summed E-state index contributed by atoms with van der Waals surface area (Å²) in [5.74, 6) is 0.315. The zero-order chi connectivity index (χ0) is 13.6. The van der Waals surface area contributed by atoms with E-state index in [1.54, 1.807) is 7.05 Å². The lowest BCUT2D eigenvalue weighted by molar-refractivity contribution is -0.391. The number of aromatic nitrogens is 2. The topological polar surface area (TPSA) is 103 Å². The maximum atomic E-state index is 10.8. The molecule has 0 aromatic carbocycles. The lowest BCUT2D eigenvalue weighted by atomic mass is 9.82. The number of hydrogen-bond acceptors (Lipinski definition) is 6. The molecular weight excluding hydrogens is 252 g/mol. The molecule has 3 rings (SSSR count). The molecule has 8 nitrogen and oxygen atoms in total. The first-order valence-electron chi connectivity index (χ1n) is 6.18. The van der Waals surface area contributed by atoms with Crippen LogP contribution in [0.5, 0.6) is 0 Å². The van der Waals surface area contributed by atoms with Crippen LogP contribution in [0.4, 0.5) is 5.82 Å². The molecule has 1 aromatic heterocycles. The number of oxime groups is 1. The molecule has 0 spiro atoms. The van der Waals surface area contributed by atoms with Gasteiger partial charge in [-0.15, -0.1) is 0 Å². The highest BCUT2D eigenvalue weighted by Gasteiger charge is 2.44. The van der Waals surface area contributed by atoms with E-state index < -0.39 is 11.0 Å². The van der Waals surface area contributed by atoms with Crippen LogP contribution in [0.3, 0.4) is 0 Å². The second-order valence-corrected chi connectivity index (χ2v) is 4.91. The summed E-state index contributed by atoms with van der Waals surface area (Å²) in [6.45, 7) is 0. The van der Waals surface area contributed by atoms with Gasteiger partial charge in [-0.3, -0.25) is 0 Å². The van der Waals surface area contributed by atoms with Crippen LogP contribution >= 0.6 is 0 Å². The molecule has 1 saturated carbocycles. The second-order valence-electron chi connectivity index (χ2n) is 4.91. The van der Waals surface area contributed by atoms with Crippen molar-refractivity contribution >= 4 is 11.5 Å². The van der Waals surface area contributed by atoms with Gasteiger partial charge in [0, 0.05) is 0 Å². The van der Waals surface area contributed by atoms with Crippen LogP contribution < -0.4 is 0 Å². The molecule has 1 N–H and O–H groups in total. The van der Waals surface area contributed by atoms with E-state index >= 15 is 0 Å². The predicted molar refractivity (Wildman–Crippen MR) is 64.6 cm³/mol. The Bertz CT molecular complexity index is 553. The van der Waals surface area contributed by atoms with Crippen molar-refractivity contribution in [3.63, 3.8) is 0 Å². The van der Waals surface area contributed by atoms with Gasteiger partial charge in [0.2, 0.25) is 5.82 Å². The van der Waals surface area contributed by atoms with Gasteiger partial charge in [0.15, 0.2) is 11.8 Å². The maximum Gasteiger partial charge on any atom is 0.342 e. The van der Waals surface area contributed by atoms with Gasteiger partial charge in [-0.05, 0) is 24.2 Å². The summed E-state index contributed by atoms with van der Waals surface area (Å²) >= 11 is 0. The van der Waals surface area contributed by atoms with Crippen molar-refractivity contribution in [2.24, 2.45) is 18.1 Å². The molecule has 102 valence electrons. The Hall–Kier alpha value is -1.96. The zero-order valence-electron chi connectivity index (χ0n) is 10.4. The third kappa shape index (κ3) is 1.79. The van der Waals surface area contributed by atoms with Gasteiger partial charge in [0.05, 0.1) is 19.1 Å². The number of aliphatic hydroxyl groups is 1. The fourth-order valence-electron chi connectivity index (χ4n) is 2.78. The number of imidazole rings is 1. The van der Waals surface area contributed by atoms with E-state index in [4.69, 9.17) is 4.84 Å². The quantitative estimate of drug-likeness (QED) is 0.623. The Morgan fingerprint density at radius 2 is 2.37 bits per heavy atom. The molecule has 1 aromatic rings. The van der Waals surface area contributed by atoms with Crippen LogP contribution in [0.15, 0.2) is 11.4 Å². The van der Waals surface area contributed by atoms with Crippen molar-refractivity contribution < 1.29 is 14.9 Å². The average molecular weight is 266 g/mol. The molecule has 0 bridgehead atoms. The Balaban J connectivity index is 1.93. The molecule has 3 atom stereocenters. The number of nitrogens with zero attached hydrogens (tertiary/aromatic N) is 4. The summed E-state index contributed by atoms with van der Waals surface area (Å²) in [6.07, 6.45) is 2.77. The number of nitro groups is 1. The summed E-state index contributed by atoms with van der Waals surface area (Å²) in [5, 5.41) is 24.7. The molecule has 1 fully saturated rings. The molecule has 1 aliphatic heterocycles. The van der Waals surface area contributed by atoms with Gasteiger partial charge in [0.1, 0.15) is 6.20 Å². The molecule has 2 heterocycles. The van der Waals surface area contributed by atoms with Gasteiger partial charge in [-0.1, -0.05) is 5.16 Å². The first-order chi connectivity index (χ1) is 9.09. The highest BCUT2D eigenvalue weighted by Crippen LogP contribution is 2.35. The minimum Gasteiger partial charge on any atom is -0.389 e. The van der Waals surface area contributed by atoms with E-state index in [0.717, 1.165) is 12.8 Å². The molecule has 0 radical (unpaired) electrons. The molecule has 2 aliphatic rings. The standard InChI is InChI=1S/C11H14N4O4/c1-14-8(15(17)18)5-12-11(14)9-6-3-2-4-7(16)10(6)19-13-9/h5-7,10,16H,2-4H2,1H3. The van der Waals surface area contributed by atoms with E-state index in [-0.39, 0.29) is 17.8 Å². The molecule has 0 amide bonds. The monoisotopic (exact) mass is 266 g/mol. The van der Waals surface area contributed by atoms with E-state index in [9.17, 15) is 15.2 Å². The van der Waals surface area contributed by atoms with Crippen molar-refractivity contribution in [3.8, 4) is 0 Å². The average Bonchev–Trinajstić information content (AvgIpc) is 2.93. The van der Waals surface area contributed by atoms with Gasteiger partial charge in [0.25, 0.3) is 0 Å². The van der Waals surface area contributed by atoms with Crippen molar-refractivity contribution in [3.05, 3.63) is 22.1 Å². The third-order valence-electron chi connectivity index (χ3n) is 3.79.